The quantitative estimate of drug-likeness (QED) is 0.473. The predicted molar refractivity (Wildman–Crippen MR) is 97.5 cm³/mol. The Labute approximate surface area is 150 Å². The van der Waals surface area contributed by atoms with Crippen molar-refractivity contribution in [3.05, 3.63) is 74.8 Å². The Balaban J connectivity index is 1.84. The topological polar surface area (TPSA) is 64.4 Å². The van der Waals surface area contributed by atoms with Gasteiger partial charge in [0.1, 0.15) is 5.75 Å². The predicted octanol–water partition coefficient (Wildman–Crippen LogP) is 5.08. The molecule has 0 aromatic heterocycles. The molecular formula is C19H17ClN2O3. The minimum Gasteiger partial charge on any atom is -0.494 e. The van der Waals surface area contributed by atoms with Crippen molar-refractivity contribution in [3.63, 3.8) is 0 Å². The number of methoxy groups -OCH3 is 1. The second-order valence-electron chi connectivity index (χ2n) is 6.40. The lowest BCUT2D eigenvalue weighted by Gasteiger charge is -2.38. The number of hydrogen-bond acceptors (Lipinski definition) is 4. The van der Waals surface area contributed by atoms with Crippen LogP contribution < -0.4 is 10.1 Å². The molecule has 0 radical (unpaired) electrons. The number of anilines is 1. The summed E-state index contributed by atoms with van der Waals surface area (Å²) in [4.78, 5) is 10.9. The van der Waals surface area contributed by atoms with Crippen molar-refractivity contribution in [1.82, 2.24) is 0 Å². The Morgan fingerprint density at radius 2 is 2.04 bits per heavy atom. The van der Waals surface area contributed by atoms with Crippen molar-refractivity contribution < 1.29 is 9.66 Å². The number of fused-ring (bicyclic) bond motifs is 3. The van der Waals surface area contributed by atoms with Gasteiger partial charge < -0.3 is 10.1 Å². The summed E-state index contributed by atoms with van der Waals surface area (Å²) >= 11 is 6.02. The van der Waals surface area contributed by atoms with E-state index in [1.165, 1.54) is 13.2 Å². The molecule has 2 aromatic rings. The molecule has 2 aromatic carbocycles. The maximum atomic E-state index is 11.3. The SMILES string of the molecule is COc1cc([N+](=O)[O-])cc2c1N[C@H](c1ccc(Cl)cc1)[C@H]1CC=C[C@@H]21. The largest absolute Gasteiger partial charge is 0.494 e. The molecule has 0 saturated heterocycles. The fraction of sp³-hybridized carbons (Fsp3) is 0.263. The summed E-state index contributed by atoms with van der Waals surface area (Å²) in [6, 6.07) is 11.1. The molecule has 3 atom stereocenters. The first kappa shape index (κ1) is 16.0. The standard InChI is InChI=1S/C19H17ClN2O3/c1-25-17-10-13(22(23)24)9-16-14-3-2-4-15(14)18(21-19(16)17)11-5-7-12(20)8-6-11/h2-3,5-10,14-15,18,21H,4H2,1H3/t14-,15+,18-/m1/s1. The molecule has 1 N–H and O–H groups in total. The van der Waals surface area contributed by atoms with Gasteiger partial charge in [0.25, 0.3) is 5.69 Å². The van der Waals surface area contributed by atoms with E-state index in [2.05, 4.69) is 17.5 Å². The van der Waals surface area contributed by atoms with Gasteiger partial charge >= 0.3 is 0 Å². The lowest BCUT2D eigenvalue weighted by atomic mass is 9.76. The third-order valence-corrected chi connectivity index (χ3v) is 5.33. The number of non-ortho nitro benzene ring substituents is 1. The highest BCUT2D eigenvalue weighted by atomic mass is 35.5. The fourth-order valence-electron chi connectivity index (χ4n) is 3.92. The van der Waals surface area contributed by atoms with Crippen molar-refractivity contribution >= 4 is 23.0 Å². The number of nitrogens with one attached hydrogen (secondary N) is 1. The van der Waals surface area contributed by atoms with E-state index >= 15 is 0 Å². The summed E-state index contributed by atoms with van der Waals surface area (Å²) in [5.41, 5.74) is 2.96. The summed E-state index contributed by atoms with van der Waals surface area (Å²) in [6.07, 6.45) is 5.23. The summed E-state index contributed by atoms with van der Waals surface area (Å²) < 4.78 is 5.44. The van der Waals surface area contributed by atoms with E-state index in [1.807, 2.05) is 24.3 Å². The van der Waals surface area contributed by atoms with E-state index in [-0.39, 0.29) is 22.6 Å². The average Bonchev–Trinajstić information content (AvgIpc) is 3.10. The Hall–Kier alpha value is -2.53. The summed E-state index contributed by atoms with van der Waals surface area (Å²) in [5.74, 6) is 0.938. The summed E-state index contributed by atoms with van der Waals surface area (Å²) in [6.45, 7) is 0. The maximum absolute atomic E-state index is 11.3. The number of hydrogen-bond donors (Lipinski definition) is 1. The van der Waals surface area contributed by atoms with Gasteiger partial charge in [-0.05, 0) is 35.6 Å². The second-order valence-corrected chi connectivity index (χ2v) is 6.83. The van der Waals surface area contributed by atoms with E-state index in [0.717, 1.165) is 23.2 Å². The van der Waals surface area contributed by atoms with E-state index in [1.54, 1.807) is 6.07 Å². The van der Waals surface area contributed by atoms with Crippen molar-refractivity contribution in [2.45, 2.75) is 18.4 Å². The number of benzene rings is 2. The van der Waals surface area contributed by atoms with Crippen LogP contribution >= 0.6 is 11.6 Å². The Kier molecular flexibility index (Phi) is 3.88. The maximum Gasteiger partial charge on any atom is 0.273 e. The normalized spacial score (nSPS) is 23.5. The highest BCUT2D eigenvalue weighted by Gasteiger charge is 2.40. The van der Waals surface area contributed by atoms with Crippen LogP contribution in [0, 0.1) is 16.0 Å². The van der Waals surface area contributed by atoms with Crippen molar-refractivity contribution in [2.24, 2.45) is 5.92 Å². The first-order chi connectivity index (χ1) is 12.1. The fourth-order valence-corrected chi connectivity index (χ4v) is 4.04. The molecule has 1 aliphatic heterocycles. The molecule has 0 unspecified atom stereocenters. The van der Waals surface area contributed by atoms with Crippen LogP contribution in [0.25, 0.3) is 0 Å². The highest BCUT2D eigenvalue weighted by molar-refractivity contribution is 6.30. The van der Waals surface area contributed by atoms with Gasteiger partial charge in [-0.3, -0.25) is 10.1 Å². The number of nitro groups is 1. The van der Waals surface area contributed by atoms with Gasteiger partial charge in [-0.15, -0.1) is 0 Å². The Morgan fingerprint density at radius 1 is 1.28 bits per heavy atom. The Bertz CT molecular complexity index is 864. The van der Waals surface area contributed by atoms with Gasteiger partial charge in [-0.1, -0.05) is 35.9 Å². The van der Waals surface area contributed by atoms with E-state index in [9.17, 15) is 10.1 Å². The lowest BCUT2D eigenvalue weighted by molar-refractivity contribution is -0.385. The third kappa shape index (κ3) is 2.65. The first-order valence-electron chi connectivity index (χ1n) is 8.13. The van der Waals surface area contributed by atoms with E-state index < -0.39 is 0 Å². The van der Waals surface area contributed by atoms with Gasteiger partial charge in [-0.2, -0.15) is 0 Å². The van der Waals surface area contributed by atoms with Crippen molar-refractivity contribution in [1.29, 1.82) is 0 Å². The van der Waals surface area contributed by atoms with Crippen LogP contribution in [0.3, 0.4) is 0 Å². The van der Waals surface area contributed by atoms with Gasteiger partial charge in [0, 0.05) is 17.0 Å². The number of nitro benzene ring substituents is 1. The number of rotatable bonds is 3. The monoisotopic (exact) mass is 356 g/mol. The molecule has 1 heterocycles. The molecule has 0 bridgehead atoms. The molecular weight excluding hydrogens is 340 g/mol. The van der Waals surface area contributed by atoms with Crippen LogP contribution in [0.2, 0.25) is 5.02 Å². The van der Waals surface area contributed by atoms with Crippen LogP contribution in [0.4, 0.5) is 11.4 Å². The van der Waals surface area contributed by atoms with Crippen LogP contribution in [-0.2, 0) is 0 Å². The molecule has 25 heavy (non-hydrogen) atoms. The third-order valence-electron chi connectivity index (χ3n) is 5.08. The zero-order valence-electron chi connectivity index (χ0n) is 13.6. The van der Waals surface area contributed by atoms with Crippen LogP contribution in [0.5, 0.6) is 5.75 Å². The number of halogens is 1. The summed E-state index contributed by atoms with van der Waals surface area (Å²) in [7, 11) is 1.54. The molecule has 0 fully saturated rings. The molecule has 0 spiro atoms. The lowest BCUT2D eigenvalue weighted by Crippen LogP contribution is -2.29. The van der Waals surface area contributed by atoms with Crippen LogP contribution in [-0.4, -0.2) is 12.0 Å². The smallest absolute Gasteiger partial charge is 0.273 e. The molecule has 1 aliphatic carbocycles. The summed E-state index contributed by atoms with van der Waals surface area (Å²) in [5, 5.41) is 15.5. The van der Waals surface area contributed by atoms with Gasteiger partial charge in [0.05, 0.1) is 29.8 Å². The van der Waals surface area contributed by atoms with Crippen LogP contribution in [0.1, 0.15) is 29.5 Å². The number of allylic oxidation sites excluding steroid dienone is 2. The Morgan fingerprint density at radius 3 is 2.72 bits per heavy atom. The van der Waals surface area contributed by atoms with Gasteiger partial charge in [0.15, 0.2) is 0 Å². The molecule has 0 amide bonds. The zero-order chi connectivity index (χ0) is 17.6. The molecule has 4 rings (SSSR count). The average molecular weight is 357 g/mol. The minimum atomic E-state index is -0.373. The molecule has 128 valence electrons. The van der Waals surface area contributed by atoms with E-state index in [4.69, 9.17) is 16.3 Å². The zero-order valence-corrected chi connectivity index (χ0v) is 14.4. The molecule has 5 nitrogen and oxygen atoms in total. The van der Waals surface area contributed by atoms with Crippen LogP contribution in [0.15, 0.2) is 48.6 Å². The highest BCUT2D eigenvalue weighted by Crippen LogP contribution is 2.53. The van der Waals surface area contributed by atoms with E-state index in [0.29, 0.717) is 16.7 Å². The number of nitrogens with zero attached hydrogens (tertiary/aromatic N) is 1. The minimum absolute atomic E-state index is 0.0568. The van der Waals surface area contributed by atoms with Crippen molar-refractivity contribution in [2.75, 3.05) is 12.4 Å². The molecule has 0 saturated carbocycles. The second kappa shape index (κ2) is 6.08. The van der Waals surface area contributed by atoms with Gasteiger partial charge in [0.2, 0.25) is 0 Å². The van der Waals surface area contributed by atoms with Crippen molar-refractivity contribution in [3.8, 4) is 5.75 Å². The number of ether oxygens (including phenoxy) is 1. The van der Waals surface area contributed by atoms with Gasteiger partial charge in [-0.25, -0.2) is 0 Å². The first-order valence-corrected chi connectivity index (χ1v) is 8.51. The molecule has 2 aliphatic rings. The molecule has 6 heteroatoms.